The van der Waals surface area contributed by atoms with Gasteiger partial charge in [-0.2, -0.15) is 0 Å². The summed E-state index contributed by atoms with van der Waals surface area (Å²) in [6.07, 6.45) is 7.57. The zero-order valence-corrected chi connectivity index (χ0v) is 7.15. The van der Waals surface area contributed by atoms with Gasteiger partial charge in [0.25, 0.3) is 0 Å². The normalized spacial score (nSPS) is 25.9. The highest BCUT2D eigenvalue weighted by Crippen LogP contribution is 2.17. The molecule has 0 radical (unpaired) electrons. The average molecular weight is 180 g/mol. The Labute approximate surface area is 72.1 Å². The third-order valence-corrected chi connectivity index (χ3v) is 1.61. The second-order valence-corrected chi connectivity index (χ2v) is 2.63. The number of nitrogens with one attached hydrogen (secondary N) is 2. The summed E-state index contributed by atoms with van der Waals surface area (Å²) in [5.74, 6) is 0.686. The van der Waals surface area contributed by atoms with Crippen molar-refractivity contribution in [3.05, 3.63) is 41.4 Å². The lowest BCUT2D eigenvalue weighted by molar-refractivity contribution is -0.362. The summed E-state index contributed by atoms with van der Waals surface area (Å²) in [4.78, 5) is 0. The second-order valence-electron chi connectivity index (χ2n) is 2.23. The van der Waals surface area contributed by atoms with Gasteiger partial charge in [-0.05, 0) is 12.2 Å². The molecule has 2 aliphatic heterocycles. The Balaban J connectivity index is 2.18. The van der Waals surface area contributed by atoms with Crippen LogP contribution in [0.2, 0.25) is 0 Å². The highest BCUT2D eigenvalue weighted by atomic mass is 31.0. The van der Waals surface area contributed by atoms with Gasteiger partial charge in [0.15, 0.2) is 0 Å². The van der Waals surface area contributed by atoms with Gasteiger partial charge in [-0.15, -0.1) is 0 Å². The summed E-state index contributed by atoms with van der Waals surface area (Å²) in [5, 5.41) is 6.80. The first-order valence-corrected chi connectivity index (χ1v) is 3.85. The van der Waals surface area contributed by atoms with E-state index in [0.29, 0.717) is 5.82 Å². The molecule has 0 aromatic heterocycles. The number of hydrogen-bond donors (Lipinski definition) is 2. The number of dihydropyridines is 1. The Kier molecular flexibility index (Phi) is 1.80. The highest BCUT2D eigenvalue weighted by molar-refractivity contribution is 7.08. The Morgan fingerprint density at radius 3 is 3.00 bits per heavy atom. The molecule has 5 nitrogen and oxygen atoms in total. The summed E-state index contributed by atoms with van der Waals surface area (Å²) >= 11 is 0. The van der Waals surface area contributed by atoms with E-state index in [2.05, 4.69) is 30.8 Å². The van der Waals surface area contributed by atoms with Crippen LogP contribution in [0.4, 0.5) is 0 Å². The fourth-order valence-corrected chi connectivity index (χ4v) is 1.04. The van der Waals surface area contributed by atoms with Gasteiger partial charge in [-0.1, -0.05) is 6.08 Å². The smallest absolute Gasteiger partial charge is 0.0659 e. The molecule has 0 atom stereocenters. The average Bonchev–Trinajstić information content (AvgIpc) is 2.54. The van der Waals surface area contributed by atoms with Gasteiger partial charge in [0, 0.05) is 6.20 Å². The molecule has 2 N–H and O–H groups in total. The molecule has 0 aromatic carbocycles. The van der Waals surface area contributed by atoms with Crippen molar-refractivity contribution in [2.75, 3.05) is 0 Å². The molecular formula is C6H7N5P-. The summed E-state index contributed by atoms with van der Waals surface area (Å²) in [7, 11) is 3.13. The molecule has 0 amide bonds. The maximum absolute atomic E-state index is 4.01. The van der Waals surface area contributed by atoms with E-state index in [4.69, 9.17) is 0 Å². The predicted octanol–water partition coefficient (Wildman–Crippen LogP) is 1.16. The molecule has 0 aromatic rings. The number of nitrogens with zero attached hydrogens (tertiary/aromatic N) is 3. The summed E-state index contributed by atoms with van der Waals surface area (Å²) in [6.45, 7) is 0. The number of rotatable bonds is 0. The Morgan fingerprint density at radius 2 is 2.42 bits per heavy atom. The van der Waals surface area contributed by atoms with Crippen LogP contribution >= 0.6 is 9.39 Å². The first kappa shape index (κ1) is 7.31. The highest BCUT2D eigenvalue weighted by Gasteiger charge is 2.02. The van der Waals surface area contributed by atoms with Crippen molar-refractivity contribution in [3.8, 4) is 0 Å². The van der Waals surface area contributed by atoms with Crippen molar-refractivity contribution >= 4 is 9.39 Å². The summed E-state index contributed by atoms with van der Waals surface area (Å²) < 4.78 is 1.29. The van der Waals surface area contributed by atoms with Crippen molar-refractivity contribution in [2.24, 2.45) is 5.22 Å². The van der Waals surface area contributed by atoms with Crippen LogP contribution in [0.3, 0.4) is 0 Å². The lowest BCUT2D eigenvalue weighted by Gasteiger charge is -2.13. The van der Waals surface area contributed by atoms with E-state index in [-0.39, 0.29) is 0 Å². The molecule has 12 heavy (non-hydrogen) atoms. The maximum atomic E-state index is 4.01. The molecule has 0 saturated heterocycles. The molecule has 0 aliphatic carbocycles. The van der Waals surface area contributed by atoms with Crippen LogP contribution in [0.25, 0.3) is 5.43 Å². The second kappa shape index (κ2) is 2.95. The third kappa shape index (κ3) is 1.31. The van der Waals surface area contributed by atoms with Gasteiger partial charge in [-0.25, -0.2) is 10.6 Å². The summed E-state index contributed by atoms with van der Waals surface area (Å²) in [6, 6.07) is 0. The van der Waals surface area contributed by atoms with Crippen LogP contribution in [0.1, 0.15) is 0 Å². The van der Waals surface area contributed by atoms with Crippen molar-refractivity contribution in [1.82, 2.24) is 10.7 Å². The van der Waals surface area contributed by atoms with Crippen molar-refractivity contribution in [2.45, 2.75) is 0 Å². The first-order chi connectivity index (χ1) is 5.86. The quantitative estimate of drug-likeness (QED) is 0.549. The van der Waals surface area contributed by atoms with Crippen LogP contribution < -0.4 is 10.7 Å². The van der Waals surface area contributed by atoms with E-state index in [1.807, 2.05) is 24.4 Å². The predicted molar refractivity (Wildman–Crippen MR) is 45.9 cm³/mol. The largest absolute Gasteiger partial charge is 0.370 e. The number of hydrogen-bond acceptors (Lipinski definition) is 3. The minimum Gasteiger partial charge on any atom is -0.370 e. The minimum absolute atomic E-state index is 0.686. The Morgan fingerprint density at radius 1 is 1.50 bits per heavy atom. The fourth-order valence-electron chi connectivity index (χ4n) is 0.889. The van der Waals surface area contributed by atoms with Crippen LogP contribution in [-0.2, 0) is 0 Å². The zero-order chi connectivity index (χ0) is 8.39. The molecule has 2 rings (SSSR count). The maximum Gasteiger partial charge on any atom is 0.0659 e. The molecule has 0 bridgehead atoms. The SMILES string of the molecule is [PH-][N+]1=NNC(=C2C=CC=CN2)[N-]1. The molecule has 0 unspecified atom stereocenters. The van der Waals surface area contributed by atoms with Crippen LogP contribution in [0.15, 0.2) is 41.2 Å². The molecule has 2 heterocycles. The number of allylic oxidation sites excluding steroid dienone is 3. The molecular weight excluding hydrogens is 173 g/mol. The fraction of sp³-hybridized carbons (Fsp3) is 0. The Hall–Kier alpha value is -1.35. The minimum atomic E-state index is 0.686. The lowest BCUT2D eigenvalue weighted by Crippen LogP contribution is -2.12. The van der Waals surface area contributed by atoms with E-state index in [1.165, 1.54) is 4.58 Å². The van der Waals surface area contributed by atoms with Gasteiger partial charge in [-0.3, -0.25) is 9.39 Å². The topological polar surface area (TPSA) is 53.5 Å². The molecule has 0 spiro atoms. The summed E-state index contributed by atoms with van der Waals surface area (Å²) in [5.41, 5.74) is 7.65. The van der Waals surface area contributed by atoms with Gasteiger partial charge >= 0.3 is 0 Å². The van der Waals surface area contributed by atoms with Crippen LogP contribution in [0.5, 0.6) is 0 Å². The standard InChI is InChI=1S/C6H7N5P/c12-11-9-6(8-10-11)5-3-1-2-4-7-5/h1-4,7-8,12H/q-1. The molecule has 0 saturated carbocycles. The van der Waals surface area contributed by atoms with Gasteiger partial charge < -0.3 is 15.3 Å². The molecule has 62 valence electrons. The van der Waals surface area contributed by atoms with Gasteiger partial charge in [0.05, 0.1) is 11.5 Å². The van der Waals surface area contributed by atoms with Crippen molar-refractivity contribution in [3.63, 3.8) is 0 Å². The lowest BCUT2D eigenvalue weighted by atomic mass is 10.3. The van der Waals surface area contributed by atoms with Crippen LogP contribution in [0, 0.1) is 0 Å². The zero-order valence-electron chi connectivity index (χ0n) is 6.15. The van der Waals surface area contributed by atoms with Gasteiger partial charge in [0.1, 0.15) is 0 Å². The molecule has 2 aliphatic rings. The van der Waals surface area contributed by atoms with E-state index >= 15 is 0 Å². The van der Waals surface area contributed by atoms with Crippen molar-refractivity contribution in [1.29, 1.82) is 0 Å². The van der Waals surface area contributed by atoms with Crippen molar-refractivity contribution < 1.29 is 4.58 Å². The van der Waals surface area contributed by atoms with Gasteiger partial charge in [0.2, 0.25) is 0 Å². The van der Waals surface area contributed by atoms with E-state index in [9.17, 15) is 0 Å². The molecule has 0 fully saturated rings. The Bertz CT molecular complexity index is 314. The van der Waals surface area contributed by atoms with E-state index in [1.54, 1.807) is 0 Å². The monoisotopic (exact) mass is 180 g/mol. The van der Waals surface area contributed by atoms with Crippen LogP contribution in [-0.4, -0.2) is 4.58 Å². The third-order valence-electron chi connectivity index (χ3n) is 1.41. The molecule has 6 heteroatoms. The van der Waals surface area contributed by atoms with E-state index < -0.39 is 0 Å². The first-order valence-electron chi connectivity index (χ1n) is 3.40. The van der Waals surface area contributed by atoms with E-state index in [0.717, 1.165) is 5.70 Å².